The topological polar surface area (TPSA) is 3.24 Å². The Bertz CT molecular complexity index is 654. The zero-order valence-electron chi connectivity index (χ0n) is 12.4. The molecule has 3 heteroatoms. The van der Waals surface area contributed by atoms with E-state index in [-0.39, 0.29) is 11.8 Å². The molecule has 2 aromatic carbocycles. The van der Waals surface area contributed by atoms with Crippen molar-refractivity contribution in [3.8, 4) is 0 Å². The van der Waals surface area contributed by atoms with Gasteiger partial charge in [0.2, 0.25) is 0 Å². The summed E-state index contributed by atoms with van der Waals surface area (Å²) in [5, 5.41) is 0. The minimum absolute atomic E-state index is 0.163. The zero-order chi connectivity index (χ0) is 15.5. The lowest BCUT2D eigenvalue weighted by Crippen LogP contribution is -2.20. The Kier molecular flexibility index (Phi) is 4.34. The van der Waals surface area contributed by atoms with Crippen molar-refractivity contribution in [1.29, 1.82) is 0 Å². The van der Waals surface area contributed by atoms with E-state index in [9.17, 15) is 8.78 Å². The molecule has 2 atom stereocenters. The Morgan fingerprint density at radius 2 is 1.82 bits per heavy atom. The van der Waals surface area contributed by atoms with Gasteiger partial charge in [-0.3, -0.25) is 4.90 Å². The Balaban J connectivity index is 1.77. The van der Waals surface area contributed by atoms with Crippen LogP contribution < -0.4 is 0 Å². The van der Waals surface area contributed by atoms with Crippen molar-refractivity contribution in [1.82, 2.24) is 4.90 Å². The SMILES string of the molecule is C=C[C@H]1CN(Cc2ccccc2)C[C@@H]1c1ccc(F)c(F)c1. The van der Waals surface area contributed by atoms with Crippen molar-refractivity contribution in [2.24, 2.45) is 5.92 Å². The van der Waals surface area contributed by atoms with Gasteiger partial charge in [0.25, 0.3) is 0 Å². The van der Waals surface area contributed by atoms with Gasteiger partial charge < -0.3 is 0 Å². The van der Waals surface area contributed by atoms with Crippen LogP contribution in [-0.2, 0) is 6.54 Å². The fraction of sp³-hybridized carbons (Fsp3) is 0.263. The number of rotatable bonds is 4. The molecule has 0 N–H and O–H groups in total. The molecule has 2 aromatic rings. The standard InChI is InChI=1S/C19H19F2N/c1-2-15-12-22(11-14-6-4-3-5-7-14)13-17(15)16-8-9-18(20)19(21)10-16/h2-10,15,17H,1,11-13H2/t15-,17-/m0/s1. The molecular formula is C19H19F2N. The molecule has 0 aliphatic carbocycles. The summed E-state index contributed by atoms with van der Waals surface area (Å²) < 4.78 is 26.6. The molecule has 1 nitrogen and oxygen atoms in total. The molecule has 0 radical (unpaired) electrons. The quantitative estimate of drug-likeness (QED) is 0.758. The fourth-order valence-electron chi connectivity index (χ4n) is 3.22. The monoisotopic (exact) mass is 299 g/mol. The zero-order valence-corrected chi connectivity index (χ0v) is 12.4. The van der Waals surface area contributed by atoms with Crippen LogP contribution in [0.4, 0.5) is 8.78 Å². The first-order valence-electron chi connectivity index (χ1n) is 7.51. The van der Waals surface area contributed by atoms with Gasteiger partial charge in [0, 0.05) is 25.6 Å². The average molecular weight is 299 g/mol. The maximum atomic E-state index is 13.5. The van der Waals surface area contributed by atoms with Gasteiger partial charge in [0.05, 0.1) is 0 Å². The lowest BCUT2D eigenvalue weighted by atomic mass is 9.89. The molecule has 1 aliphatic heterocycles. The second-order valence-corrected chi connectivity index (χ2v) is 5.86. The smallest absolute Gasteiger partial charge is 0.159 e. The summed E-state index contributed by atoms with van der Waals surface area (Å²) in [4.78, 5) is 2.34. The summed E-state index contributed by atoms with van der Waals surface area (Å²) in [6.45, 7) is 6.49. The van der Waals surface area contributed by atoms with Gasteiger partial charge in [0.1, 0.15) is 0 Å². The number of likely N-dealkylation sites (tertiary alicyclic amines) is 1. The maximum absolute atomic E-state index is 13.5. The van der Waals surface area contributed by atoms with Crippen LogP contribution in [0.15, 0.2) is 61.2 Å². The van der Waals surface area contributed by atoms with Crippen LogP contribution in [0.1, 0.15) is 17.0 Å². The Morgan fingerprint density at radius 1 is 1.05 bits per heavy atom. The molecule has 0 amide bonds. The summed E-state index contributed by atoms with van der Waals surface area (Å²) in [5.74, 6) is -1.15. The Labute approximate surface area is 129 Å². The van der Waals surface area contributed by atoms with Gasteiger partial charge in [-0.15, -0.1) is 6.58 Å². The molecular weight excluding hydrogens is 280 g/mol. The molecule has 1 fully saturated rings. The van der Waals surface area contributed by atoms with E-state index in [1.54, 1.807) is 6.07 Å². The minimum Gasteiger partial charge on any atom is -0.298 e. The number of halogens is 2. The summed E-state index contributed by atoms with van der Waals surface area (Å²) in [7, 11) is 0. The van der Waals surface area contributed by atoms with Crippen molar-refractivity contribution in [2.45, 2.75) is 12.5 Å². The van der Waals surface area contributed by atoms with E-state index < -0.39 is 11.6 Å². The second-order valence-electron chi connectivity index (χ2n) is 5.86. The van der Waals surface area contributed by atoms with E-state index >= 15 is 0 Å². The predicted octanol–water partition coefficient (Wildman–Crippen LogP) is 4.37. The second kappa shape index (κ2) is 6.41. The third kappa shape index (κ3) is 3.09. The molecule has 0 spiro atoms. The summed E-state index contributed by atoms with van der Waals surface area (Å²) in [5.41, 5.74) is 2.11. The summed E-state index contributed by atoms with van der Waals surface area (Å²) in [6, 6.07) is 14.5. The van der Waals surface area contributed by atoms with E-state index in [0.29, 0.717) is 0 Å². The third-order valence-electron chi connectivity index (χ3n) is 4.36. The van der Waals surface area contributed by atoms with Crippen molar-refractivity contribution < 1.29 is 8.78 Å². The lowest BCUT2D eigenvalue weighted by Gasteiger charge is -2.16. The van der Waals surface area contributed by atoms with Crippen LogP contribution in [0.25, 0.3) is 0 Å². The number of nitrogens with zero attached hydrogens (tertiary/aromatic N) is 1. The highest BCUT2D eigenvalue weighted by Gasteiger charge is 2.32. The molecule has 114 valence electrons. The van der Waals surface area contributed by atoms with E-state index in [4.69, 9.17) is 0 Å². The largest absolute Gasteiger partial charge is 0.298 e. The molecule has 22 heavy (non-hydrogen) atoms. The van der Waals surface area contributed by atoms with Gasteiger partial charge in [-0.25, -0.2) is 8.78 Å². The highest BCUT2D eigenvalue weighted by molar-refractivity contribution is 5.26. The van der Waals surface area contributed by atoms with Gasteiger partial charge in [-0.1, -0.05) is 42.5 Å². The van der Waals surface area contributed by atoms with Gasteiger partial charge in [0.15, 0.2) is 11.6 Å². The molecule has 1 saturated heterocycles. The Morgan fingerprint density at radius 3 is 2.50 bits per heavy atom. The maximum Gasteiger partial charge on any atom is 0.159 e. The van der Waals surface area contributed by atoms with Crippen molar-refractivity contribution >= 4 is 0 Å². The number of hydrogen-bond acceptors (Lipinski definition) is 1. The van der Waals surface area contributed by atoms with Crippen molar-refractivity contribution in [2.75, 3.05) is 13.1 Å². The highest BCUT2D eigenvalue weighted by Crippen LogP contribution is 2.34. The Hall–Kier alpha value is -2.00. The van der Waals surface area contributed by atoms with Gasteiger partial charge in [-0.05, 0) is 29.2 Å². The average Bonchev–Trinajstić information content (AvgIpc) is 2.94. The van der Waals surface area contributed by atoms with E-state index in [0.717, 1.165) is 25.2 Å². The summed E-state index contributed by atoms with van der Waals surface area (Å²) in [6.07, 6.45) is 1.93. The molecule has 3 rings (SSSR count). The first kappa shape index (κ1) is 14.9. The van der Waals surface area contributed by atoms with Crippen LogP contribution in [0.5, 0.6) is 0 Å². The van der Waals surface area contributed by atoms with Crippen LogP contribution in [-0.4, -0.2) is 18.0 Å². The predicted molar refractivity (Wildman–Crippen MR) is 84.5 cm³/mol. The van der Waals surface area contributed by atoms with Gasteiger partial charge in [-0.2, -0.15) is 0 Å². The van der Waals surface area contributed by atoms with Crippen LogP contribution in [0, 0.1) is 17.6 Å². The summed E-state index contributed by atoms with van der Waals surface area (Å²) >= 11 is 0. The number of hydrogen-bond donors (Lipinski definition) is 0. The van der Waals surface area contributed by atoms with Crippen LogP contribution in [0.3, 0.4) is 0 Å². The fourth-order valence-corrected chi connectivity index (χ4v) is 3.22. The lowest BCUT2D eigenvalue weighted by molar-refractivity contribution is 0.322. The van der Waals surface area contributed by atoms with E-state index in [1.807, 2.05) is 24.3 Å². The van der Waals surface area contributed by atoms with Crippen molar-refractivity contribution in [3.05, 3.63) is 83.9 Å². The molecule has 1 aliphatic rings. The third-order valence-corrected chi connectivity index (χ3v) is 4.36. The minimum atomic E-state index is -0.793. The molecule has 0 aromatic heterocycles. The number of benzene rings is 2. The van der Waals surface area contributed by atoms with Crippen LogP contribution >= 0.6 is 0 Å². The molecule has 0 saturated carbocycles. The van der Waals surface area contributed by atoms with Gasteiger partial charge >= 0.3 is 0 Å². The first-order chi connectivity index (χ1) is 10.7. The van der Waals surface area contributed by atoms with Crippen molar-refractivity contribution in [3.63, 3.8) is 0 Å². The highest BCUT2D eigenvalue weighted by atomic mass is 19.2. The van der Waals surface area contributed by atoms with Crippen LogP contribution in [0.2, 0.25) is 0 Å². The normalized spacial score (nSPS) is 21.9. The molecule has 0 unspecified atom stereocenters. The molecule has 1 heterocycles. The van der Waals surface area contributed by atoms with E-state index in [1.165, 1.54) is 17.7 Å². The van der Waals surface area contributed by atoms with E-state index in [2.05, 4.69) is 23.6 Å². The molecule has 0 bridgehead atoms. The first-order valence-corrected chi connectivity index (χ1v) is 7.51.